The summed E-state index contributed by atoms with van der Waals surface area (Å²) >= 11 is 0. The molecule has 0 amide bonds. The number of hydrogen-bond acceptors (Lipinski definition) is 0. The maximum absolute atomic E-state index is 4.01. The lowest BCUT2D eigenvalue weighted by atomic mass is 9.72. The summed E-state index contributed by atoms with van der Waals surface area (Å²) in [7, 11) is 0. The Morgan fingerprint density at radius 2 is 1.65 bits per heavy atom. The molecule has 0 radical (unpaired) electrons. The molecule has 0 heterocycles. The van der Waals surface area contributed by atoms with E-state index in [0.29, 0.717) is 11.8 Å². The van der Waals surface area contributed by atoms with Crippen molar-refractivity contribution in [3.63, 3.8) is 0 Å². The smallest absolute Gasteiger partial charge is 0.0131 e. The Kier molecular flexibility index (Phi) is 3.39. The molecule has 0 saturated heterocycles. The first kappa shape index (κ1) is 12.7. The van der Waals surface area contributed by atoms with E-state index in [2.05, 4.69) is 73.9 Å². The van der Waals surface area contributed by atoms with Crippen molar-refractivity contribution in [1.29, 1.82) is 0 Å². The van der Waals surface area contributed by atoms with Crippen molar-refractivity contribution in [3.8, 4) is 0 Å². The highest BCUT2D eigenvalue weighted by Gasteiger charge is 2.28. The minimum absolute atomic E-state index is 0.388. The average Bonchev–Trinajstić information content (AvgIpc) is 2.53. The monoisotopic (exact) mass is 258 g/mol. The second-order valence-corrected chi connectivity index (χ2v) is 5.10. The van der Waals surface area contributed by atoms with Crippen molar-refractivity contribution in [3.05, 3.63) is 103 Å². The van der Waals surface area contributed by atoms with Crippen LogP contribution in [0.4, 0.5) is 0 Å². The Labute approximate surface area is 120 Å². The minimum Gasteiger partial charge on any atom is -0.0985 e. The summed E-state index contributed by atoms with van der Waals surface area (Å²) in [6, 6.07) is 10.6. The summed E-state index contributed by atoms with van der Waals surface area (Å²) in [4.78, 5) is 0. The second kappa shape index (κ2) is 5.34. The van der Waals surface area contributed by atoms with E-state index in [1.54, 1.807) is 0 Å². The Morgan fingerprint density at radius 3 is 2.35 bits per heavy atom. The highest BCUT2D eigenvalue weighted by molar-refractivity contribution is 5.81. The van der Waals surface area contributed by atoms with E-state index < -0.39 is 0 Å². The van der Waals surface area contributed by atoms with Gasteiger partial charge in [-0.3, -0.25) is 0 Å². The summed E-state index contributed by atoms with van der Waals surface area (Å²) in [5.41, 5.74) is 5.00. The molecule has 0 aromatic heterocycles. The molecule has 2 unspecified atom stereocenters. The summed E-state index contributed by atoms with van der Waals surface area (Å²) < 4.78 is 0. The van der Waals surface area contributed by atoms with Crippen molar-refractivity contribution < 1.29 is 0 Å². The lowest BCUT2D eigenvalue weighted by Gasteiger charge is -2.32. The zero-order valence-electron chi connectivity index (χ0n) is 11.5. The van der Waals surface area contributed by atoms with Crippen molar-refractivity contribution in [2.24, 2.45) is 11.8 Å². The predicted octanol–water partition coefficient (Wildman–Crippen LogP) is 5.11. The molecule has 20 heavy (non-hydrogen) atoms. The van der Waals surface area contributed by atoms with E-state index in [0.717, 1.165) is 0 Å². The van der Waals surface area contributed by atoms with E-state index in [4.69, 9.17) is 0 Å². The van der Waals surface area contributed by atoms with Gasteiger partial charge in [0.2, 0.25) is 0 Å². The normalized spacial score (nSPS) is 24.1. The summed E-state index contributed by atoms with van der Waals surface area (Å²) in [6.07, 6.45) is 15.0. The van der Waals surface area contributed by atoms with Gasteiger partial charge in [-0.05, 0) is 22.3 Å². The fourth-order valence-corrected chi connectivity index (χ4v) is 3.08. The van der Waals surface area contributed by atoms with Gasteiger partial charge in [0.1, 0.15) is 0 Å². The summed E-state index contributed by atoms with van der Waals surface area (Å²) in [6.45, 7) is 7.96. The van der Waals surface area contributed by atoms with E-state index >= 15 is 0 Å². The number of rotatable bonds is 3. The largest absolute Gasteiger partial charge is 0.0985 e. The standard InChI is InChI=1S/C20H18/c1-3-15-14-17-12-8-9-13-19(17)20(18(15)4-2)16-10-6-5-7-11-16/h3-14,17,19H,1-2H2. The van der Waals surface area contributed by atoms with Crippen LogP contribution in [0.2, 0.25) is 0 Å². The van der Waals surface area contributed by atoms with E-state index in [1.807, 2.05) is 12.2 Å². The fraction of sp³-hybridized carbons (Fsp3) is 0.100. The van der Waals surface area contributed by atoms with Crippen LogP contribution in [-0.2, 0) is 0 Å². The highest BCUT2D eigenvalue weighted by atomic mass is 14.3. The number of benzene rings is 1. The third kappa shape index (κ3) is 2.04. The van der Waals surface area contributed by atoms with Gasteiger partial charge >= 0.3 is 0 Å². The van der Waals surface area contributed by atoms with Gasteiger partial charge in [0.25, 0.3) is 0 Å². The van der Waals surface area contributed by atoms with Crippen molar-refractivity contribution >= 4 is 5.57 Å². The first-order chi connectivity index (χ1) is 9.85. The topological polar surface area (TPSA) is 0 Å². The molecule has 3 rings (SSSR count). The lowest BCUT2D eigenvalue weighted by molar-refractivity contribution is 0.670. The third-order valence-electron chi connectivity index (χ3n) is 3.99. The Balaban J connectivity index is 2.23. The molecule has 2 aliphatic rings. The SMILES string of the molecule is C=CC1=CC2C=CC=CC2C(c2ccccc2)=C1C=C. The molecule has 0 N–H and O–H groups in total. The maximum Gasteiger partial charge on any atom is 0.0131 e. The molecule has 0 heteroatoms. The van der Waals surface area contributed by atoms with Crippen LogP contribution in [0.5, 0.6) is 0 Å². The number of hydrogen-bond donors (Lipinski definition) is 0. The van der Waals surface area contributed by atoms with Gasteiger partial charge in [-0.2, -0.15) is 0 Å². The van der Waals surface area contributed by atoms with Crippen LogP contribution >= 0.6 is 0 Å². The van der Waals surface area contributed by atoms with Gasteiger partial charge in [0, 0.05) is 11.8 Å². The quantitative estimate of drug-likeness (QED) is 0.706. The first-order valence-corrected chi connectivity index (χ1v) is 6.97. The lowest BCUT2D eigenvalue weighted by Crippen LogP contribution is -2.18. The highest BCUT2D eigenvalue weighted by Crippen LogP contribution is 2.43. The van der Waals surface area contributed by atoms with Gasteiger partial charge in [-0.15, -0.1) is 0 Å². The fourth-order valence-electron chi connectivity index (χ4n) is 3.08. The predicted molar refractivity (Wildman–Crippen MR) is 87.1 cm³/mol. The average molecular weight is 258 g/mol. The van der Waals surface area contributed by atoms with E-state index in [-0.39, 0.29) is 0 Å². The Morgan fingerprint density at radius 1 is 0.900 bits per heavy atom. The zero-order valence-corrected chi connectivity index (χ0v) is 11.5. The van der Waals surface area contributed by atoms with Crippen molar-refractivity contribution in [2.75, 3.05) is 0 Å². The molecule has 0 fully saturated rings. The van der Waals surface area contributed by atoms with Crippen LogP contribution in [-0.4, -0.2) is 0 Å². The van der Waals surface area contributed by atoms with Gasteiger partial charge < -0.3 is 0 Å². The third-order valence-corrected chi connectivity index (χ3v) is 3.99. The number of allylic oxidation sites excluding steroid dienone is 10. The minimum atomic E-state index is 0.388. The van der Waals surface area contributed by atoms with Gasteiger partial charge in [0.15, 0.2) is 0 Å². The maximum atomic E-state index is 4.01. The molecular formula is C20H18. The summed E-state index contributed by atoms with van der Waals surface area (Å²) in [5.74, 6) is 0.797. The van der Waals surface area contributed by atoms with Gasteiger partial charge in [-0.25, -0.2) is 0 Å². The van der Waals surface area contributed by atoms with Gasteiger partial charge in [-0.1, -0.05) is 86.0 Å². The molecule has 0 spiro atoms. The van der Waals surface area contributed by atoms with Crippen LogP contribution in [0.1, 0.15) is 5.56 Å². The molecule has 98 valence electrons. The Hall–Kier alpha value is -2.34. The van der Waals surface area contributed by atoms with Crippen LogP contribution in [0.15, 0.2) is 97.2 Å². The first-order valence-electron chi connectivity index (χ1n) is 6.97. The number of fused-ring (bicyclic) bond motifs is 1. The molecule has 2 atom stereocenters. The van der Waals surface area contributed by atoms with Crippen LogP contribution < -0.4 is 0 Å². The molecule has 1 aromatic carbocycles. The van der Waals surface area contributed by atoms with Gasteiger partial charge in [0.05, 0.1) is 0 Å². The van der Waals surface area contributed by atoms with Crippen LogP contribution in [0.25, 0.3) is 5.57 Å². The zero-order chi connectivity index (χ0) is 13.9. The van der Waals surface area contributed by atoms with Crippen LogP contribution in [0, 0.1) is 11.8 Å². The van der Waals surface area contributed by atoms with Crippen molar-refractivity contribution in [1.82, 2.24) is 0 Å². The summed E-state index contributed by atoms with van der Waals surface area (Å²) in [5, 5.41) is 0. The van der Waals surface area contributed by atoms with E-state index in [1.165, 1.54) is 22.3 Å². The Bertz CT molecular complexity index is 651. The molecule has 2 aliphatic carbocycles. The molecular weight excluding hydrogens is 240 g/mol. The molecule has 0 bridgehead atoms. The molecule has 0 saturated carbocycles. The van der Waals surface area contributed by atoms with Crippen LogP contribution in [0.3, 0.4) is 0 Å². The second-order valence-electron chi connectivity index (χ2n) is 5.10. The van der Waals surface area contributed by atoms with E-state index in [9.17, 15) is 0 Å². The van der Waals surface area contributed by atoms with Crippen molar-refractivity contribution in [2.45, 2.75) is 0 Å². The molecule has 1 aromatic rings. The molecule has 0 nitrogen and oxygen atoms in total. The molecule has 0 aliphatic heterocycles.